The Bertz CT molecular complexity index is 982. The summed E-state index contributed by atoms with van der Waals surface area (Å²) in [5.74, 6) is -1.40. The Balaban J connectivity index is 2.67. The highest BCUT2D eigenvalue weighted by Crippen LogP contribution is 2.19. The number of benzene rings is 1. The first kappa shape index (κ1) is 19.6. The molecule has 0 fully saturated rings. The Morgan fingerprint density at radius 2 is 1.92 bits per heavy atom. The molecule has 1 aromatic carbocycles. The highest BCUT2D eigenvalue weighted by atomic mass is 32.2. The number of ether oxygens (including phenoxy) is 1. The molecule has 140 valence electrons. The average Bonchev–Trinajstić information content (AvgIpc) is 2.55. The molecule has 0 saturated carbocycles. The second-order valence-electron chi connectivity index (χ2n) is 5.44. The SMILES string of the molecule is CCOC(=O)c1nn(-c2ccccc2C)c(=O)cc1OS(=O)(=O)N(C)C. The molecule has 0 saturated heterocycles. The number of rotatable bonds is 6. The molecule has 9 nitrogen and oxygen atoms in total. The van der Waals surface area contributed by atoms with E-state index in [4.69, 9.17) is 8.92 Å². The van der Waals surface area contributed by atoms with Crippen molar-refractivity contribution in [2.45, 2.75) is 13.8 Å². The summed E-state index contributed by atoms with van der Waals surface area (Å²) in [5.41, 5.74) is 0.119. The van der Waals surface area contributed by atoms with Crippen molar-refractivity contribution in [1.29, 1.82) is 0 Å². The number of carbonyl (C=O) groups is 1. The molecule has 26 heavy (non-hydrogen) atoms. The molecule has 0 spiro atoms. The van der Waals surface area contributed by atoms with Crippen LogP contribution in [0.2, 0.25) is 0 Å². The van der Waals surface area contributed by atoms with Crippen molar-refractivity contribution >= 4 is 16.3 Å². The first-order chi connectivity index (χ1) is 12.2. The molecule has 2 aromatic rings. The van der Waals surface area contributed by atoms with Crippen LogP contribution >= 0.6 is 0 Å². The van der Waals surface area contributed by atoms with Gasteiger partial charge in [0.1, 0.15) is 0 Å². The van der Waals surface area contributed by atoms with E-state index in [1.807, 2.05) is 0 Å². The predicted octanol–water partition coefficient (Wildman–Crippen LogP) is 0.903. The van der Waals surface area contributed by atoms with E-state index in [-0.39, 0.29) is 6.61 Å². The average molecular weight is 381 g/mol. The number of hydrogen-bond acceptors (Lipinski definition) is 7. The zero-order chi connectivity index (χ0) is 19.5. The smallest absolute Gasteiger partial charge is 0.384 e. The van der Waals surface area contributed by atoms with E-state index in [9.17, 15) is 18.0 Å². The third-order valence-electron chi connectivity index (χ3n) is 3.35. The topological polar surface area (TPSA) is 108 Å². The highest BCUT2D eigenvalue weighted by Gasteiger charge is 2.25. The monoisotopic (exact) mass is 381 g/mol. The van der Waals surface area contributed by atoms with Crippen molar-refractivity contribution in [3.05, 3.63) is 51.9 Å². The van der Waals surface area contributed by atoms with Gasteiger partial charge in [-0.2, -0.15) is 22.5 Å². The van der Waals surface area contributed by atoms with Crippen LogP contribution < -0.4 is 9.74 Å². The van der Waals surface area contributed by atoms with Gasteiger partial charge in [-0.1, -0.05) is 18.2 Å². The molecular weight excluding hydrogens is 362 g/mol. The molecule has 2 rings (SSSR count). The Labute approximate surface area is 151 Å². The lowest BCUT2D eigenvalue weighted by Gasteiger charge is -2.15. The molecule has 10 heteroatoms. The highest BCUT2D eigenvalue weighted by molar-refractivity contribution is 7.84. The van der Waals surface area contributed by atoms with Gasteiger partial charge in [0.2, 0.25) is 5.69 Å². The van der Waals surface area contributed by atoms with Crippen molar-refractivity contribution in [2.75, 3.05) is 20.7 Å². The minimum Gasteiger partial charge on any atom is -0.461 e. The van der Waals surface area contributed by atoms with E-state index in [2.05, 4.69) is 5.10 Å². The summed E-state index contributed by atoms with van der Waals surface area (Å²) in [6.07, 6.45) is 0. The lowest BCUT2D eigenvalue weighted by molar-refractivity contribution is 0.0514. The first-order valence-electron chi connectivity index (χ1n) is 7.66. The van der Waals surface area contributed by atoms with Crippen LogP contribution in [0.15, 0.2) is 35.1 Å². The molecular formula is C16H19N3O6S. The number of nitrogens with zero attached hydrogens (tertiary/aromatic N) is 3. The van der Waals surface area contributed by atoms with Gasteiger partial charge in [-0.25, -0.2) is 4.79 Å². The van der Waals surface area contributed by atoms with Crippen LogP contribution in [0.25, 0.3) is 5.69 Å². The van der Waals surface area contributed by atoms with Crippen LogP contribution in [0.4, 0.5) is 0 Å². The second kappa shape index (κ2) is 7.67. The van der Waals surface area contributed by atoms with Crippen LogP contribution in [0, 0.1) is 6.92 Å². The summed E-state index contributed by atoms with van der Waals surface area (Å²) in [6.45, 7) is 3.41. The van der Waals surface area contributed by atoms with Gasteiger partial charge in [0.25, 0.3) is 5.56 Å². The summed E-state index contributed by atoms with van der Waals surface area (Å²) < 4.78 is 35.5. The maximum absolute atomic E-state index is 12.4. The third-order valence-corrected chi connectivity index (χ3v) is 4.64. The fourth-order valence-corrected chi connectivity index (χ4v) is 2.51. The molecule has 0 aliphatic rings. The van der Waals surface area contributed by atoms with Gasteiger partial charge in [0, 0.05) is 14.1 Å². The van der Waals surface area contributed by atoms with Gasteiger partial charge in [-0.05, 0) is 25.5 Å². The number of aromatic nitrogens is 2. The van der Waals surface area contributed by atoms with Gasteiger partial charge in [0.05, 0.1) is 18.4 Å². The van der Waals surface area contributed by atoms with Crippen molar-refractivity contribution in [1.82, 2.24) is 14.1 Å². The molecule has 0 bridgehead atoms. The Morgan fingerprint density at radius 3 is 2.50 bits per heavy atom. The lowest BCUT2D eigenvalue weighted by Crippen LogP contribution is -2.30. The summed E-state index contributed by atoms with van der Waals surface area (Å²) in [4.78, 5) is 24.7. The predicted molar refractivity (Wildman–Crippen MR) is 93.8 cm³/mol. The fraction of sp³-hybridized carbons (Fsp3) is 0.312. The maximum atomic E-state index is 12.4. The number of aryl methyl sites for hydroxylation is 1. The van der Waals surface area contributed by atoms with E-state index >= 15 is 0 Å². The van der Waals surface area contributed by atoms with Crippen LogP contribution in [-0.4, -0.2) is 49.2 Å². The number of para-hydroxylation sites is 1. The van der Waals surface area contributed by atoms with Crippen molar-refractivity contribution < 1.29 is 22.1 Å². The second-order valence-corrected chi connectivity index (χ2v) is 7.19. The minimum atomic E-state index is -4.19. The number of carbonyl (C=O) groups excluding carboxylic acids is 1. The third kappa shape index (κ3) is 4.09. The molecule has 0 radical (unpaired) electrons. The van der Waals surface area contributed by atoms with Crippen LogP contribution in [0.1, 0.15) is 23.0 Å². The molecule has 0 aliphatic heterocycles. The molecule has 0 unspecified atom stereocenters. The van der Waals surface area contributed by atoms with Crippen molar-refractivity contribution in [2.24, 2.45) is 0 Å². The number of hydrogen-bond donors (Lipinski definition) is 0. The fourth-order valence-electron chi connectivity index (χ4n) is 2.01. The van der Waals surface area contributed by atoms with Gasteiger partial charge in [0.15, 0.2) is 5.75 Å². The van der Waals surface area contributed by atoms with E-state index in [1.54, 1.807) is 38.1 Å². The van der Waals surface area contributed by atoms with E-state index < -0.39 is 33.3 Å². The Morgan fingerprint density at radius 1 is 1.27 bits per heavy atom. The van der Waals surface area contributed by atoms with E-state index in [1.165, 1.54) is 14.1 Å². The summed E-state index contributed by atoms with van der Waals surface area (Å²) in [6, 6.07) is 7.82. The van der Waals surface area contributed by atoms with Crippen LogP contribution in [-0.2, 0) is 15.0 Å². The van der Waals surface area contributed by atoms with Crippen LogP contribution in [0.3, 0.4) is 0 Å². The summed E-state index contributed by atoms with van der Waals surface area (Å²) >= 11 is 0. The molecule has 0 N–H and O–H groups in total. The van der Waals surface area contributed by atoms with E-state index in [0.717, 1.165) is 20.6 Å². The van der Waals surface area contributed by atoms with Crippen molar-refractivity contribution in [3.63, 3.8) is 0 Å². The minimum absolute atomic E-state index is 0.0455. The van der Waals surface area contributed by atoms with Crippen LogP contribution in [0.5, 0.6) is 5.75 Å². The summed E-state index contributed by atoms with van der Waals surface area (Å²) in [7, 11) is -1.68. The Hall–Kier alpha value is -2.72. The zero-order valence-corrected chi connectivity index (χ0v) is 15.6. The van der Waals surface area contributed by atoms with Gasteiger partial charge in [-0.15, -0.1) is 0 Å². The standard InChI is InChI=1S/C16H19N3O6S/c1-5-24-16(21)15-13(25-26(22,23)18(3)4)10-14(20)19(17-15)12-9-7-6-8-11(12)2/h6-10H,5H2,1-4H3. The van der Waals surface area contributed by atoms with Gasteiger partial charge < -0.3 is 8.92 Å². The number of esters is 1. The largest absolute Gasteiger partial charge is 0.461 e. The quantitative estimate of drug-likeness (QED) is 0.684. The molecule has 0 atom stereocenters. The van der Waals surface area contributed by atoms with Gasteiger partial charge >= 0.3 is 16.3 Å². The molecule has 0 aliphatic carbocycles. The summed E-state index contributed by atoms with van der Waals surface area (Å²) in [5, 5.41) is 3.99. The van der Waals surface area contributed by atoms with Crippen molar-refractivity contribution in [3.8, 4) is 11.4 Å². The molecule has 1 heterocycles. The lowest BCUT2D eigenvalue weighted by atomic mass is 10.2. The normalized spacial score (nSPS) is 11.4. The van der Waals surface area contributed by atoms with Gasteiger partial charge in [-0.3, -0.25) is 4.79 Å². The maximum Gasteiger partial charge on any atom is 0.384 e. The first-order valence-corrected chi connectivity index (χ1v) is 9.03. The molecule has 0 amide bonds. The zero-order valence-electron chi connectivity index (χ0n) is 14.8. The Kier molecular flexibility index (Phi) is 5.78. The molecule has 1 aromatic heterocycles. The van der Waals surface area contributed by atoms with E-state index in [0.29, 0.717) is 5.69 Å².